The number of piperidine rings is 1. The van der Waals surface area contributed by atoms with Crippen molar-refractivity contribution >= 4 is 12.0 Å². The molecule has 1 atom stereocenters. The minimum atomic E-state index is -0.340. The second-order valence-corrected chi connectivity index (χ2v) is 7.40. The van der Waals surface area contributed by atoms with Gasteiger partial charge in [-0.1, -0.05) is 12.1 Å². The van der Waals surface area contributed by atoms with Gasteiger partial charge < -0.3 is 24.6 Å². The van der Waals surface area contributed by atoms with E-state index < -0.39 is 0 Å². The Morgan fingerprint density at radius 3 is 2.68 bits per heavy atom. The summed E-state index contributed by atoms with van der Waals surface area (Å²) in [5, 5.41) is 13.1. The number of esters is 1. The van der Waals surface area contributed by atoms with Crippen LogP contribution in [0.4, 0.5) is 4.79 Å². The van der Waals surface area contributed by atoms with Gasteiger partial charge in [-0.15, -0.1) is 0 Å². The zero-order valence-corrected chi connectivity index (χ0v) is 15.9. The summed E-state index contributed by atoms with van der Waals surface area (Å²) in [4.78, 5) is 26.5. The second-order valence-electron chi connectivity index (χ2n) is 7.40. The quantitative estimate of drug-likeness (QED) is 0.798. The molecule has 2 aliphatic rings. The zero-order chi connectivity index (χ0) is 19.7. The van der Waals surface area contributed by atoms with Gasteiger partial charge in [-0.05, 0) is 55.0 Å². The number of nitrogens with one attached hydrogen (secondary N) is 1. The minimum Gasteiger partial charge on any atom is -0.508 e. The number of methoxy groups -OCH3 is 1. The number of phenolic OH excluding ortho intramolecular Hbond substituents is 1. The molecule has 0 radical (unpaired) electrons. The fraction of sp³-hybridized carbons (Fsp3) is 0.429. The average Bonchev–Trinajstić information content (AvgIpc) is 3.36. The molecule has 0 spiro atoms. The highest BCUT2D eigenvalue weighted by Crippen LogP contribution is 2.36. The number of amides is 2. The standard InChI is InChI=1S/C21H25N3O4/c1-28-20(26)18-5-3-11-24(18)14-9-12-23(13-10-14)21(27)22-17-8-7-16-15(17)4-2-6-19(16)25/h2-6,11,14,17,25H,7-10,12-13H2,1H3,(H,22,27). The van der Waals surface area contributed by atoms with E-state index in [1.807, 2.05) is 33.9 Å². The smallest absolute Gasteiger partial charge is 0.354 e. The molecule has 1 aliphatic heterocycles. The molecule has 2 N–H and O–H groups in total. The molecule has 1 saturated heterocycles. The molecule has 148 valence electrons. The first kappa shape index (κ1) is 18.4. The van der Waals surface area contributed by atoms with E-state index in [2.05, 4.69) is 5.32 Å². The van der Waals surface area contributed by atoms with Crippen molar-refractivity contribution in [3.63, 3.8) is 0 Å². The molecular formula is C21H25N3O4. The summed E-state index contributed by atoms with van der Waals surface area (Å²) in [6.45, 7) is 1.27. The number of aromatic hydroxyl groups is 1. The molecule has 2 amide bonds. The Morgan fingerprint density at radius 1 is 1.14 bits per heavy atom. The van der Waals surface area contributed by atoms with E-state index >= 15 is 0 Å². The van der Waals surface area contributed by atoms with E-state index in [9.17, 15) is 14.7 Å². The molecule has 4 rings (SSSR count). The van der Waals surface area contributed by atoms with Gasteiger partial charge in [0, 0.05) is 25.3 Å². The Hall–Kier alpha value is -2.96. The number of aromatic nitrogens is 1. The lowest BCUT2D eigenvalue weighted by Gasteiger charge is -2.34. The molecule has 1 aromatic carbocycles. The van der Waals surface area contributed by atoms with Gasteiger partial charge in [0.1, 0.15) is 11.4 Å². The predicted molar refractivity (Wildman–Crippen MR) is 103 cm³/mol. The number of urea groups is 1. The van der Waals surface area contributed by atoms with E-state index in [0.717, 1.165) is 36.8 Å². The third-order valence-electron chi connectivity index (χ3n) is 5.86. The maximum atomic E-state index is 12.7. The highest BCUT2D eigenvalue weighted by Gasteiger charge is 2.30. The lowest BCUT2D eigenvalue weighted by Crippen LogP contribution is -2.45. The number of hydrogen-bond donors (Lipinski definition) is 2. The average molecular weight is 383 g/mol. The normalized spacial score (nSPS) is 19.3. The van der Waals surface area contributed by atoms with Crippen LogP contribution in [0, 0.1) is 0 Å². The van der Waals surface area contributed by atoms with Crippen molar-refractivity contribution in [3.8, 4) is 5.75 Å². The van der Waals surface area contributed by atoms with Gasteiger partial charge in [-0.3, -0.25) is 0 Å². The van der Waals surface area contributed by atoms with Gasteiger partial charge in [0.25, 0.3) is 0 Å². The van der Waals surface area contributed by atoms with E-state index in [1.54, 1.807) is 12.1 Å². The van der Waals surface area contributed by atoms with Crippen LogP contribution in [-0.4, -0.2) is 46.8 Å². The van der Waals surface area contributed by atoms with Crippen molar-refractivity contribution in [2.75, 3.05) is 20.2 Å². The maximum absolute atomic E-state index is 12.7. The van der Waals surface area contributed by atoms with Crippen molar-refractivity contribution < 1.29 is 19.4 Å². The number of carbonyl (C=O) groups is 2. The van der Waals surface area contributed by atoms with Gasteiger partial charge >= 0.3 is 12.0 Å². The number of likely N-dealkylation sites (tertiary alicyclic amines) is 1. The van der Waals surface area contributed by atoms with Gasteiger partial charge in [-0.2, -0.15) is 0 Å². The van der Waals surface area contributed by atoms with Gasteiger partial charge in [-0.25, -0.2) is 9.59 Å². The van der Waals surface area contributed by atoms with Crippen LogP contribution < -0.4 is 5.32 Å². The highest BCUT2D eigenvalue weighted by molar-refractivity contribution is 5.87. The fourth-order valence-electron chi connectivity index (χ4n) is 4.36. The van der Waals surface area contributed by atoms with Crippen LogP contribution in [0.2, 0.25) is 0 Å². The molecule has 2 heterocycles. The monoisotopic (exact) mass is 383 g/mol. The second kappa shape index (κ2) is 7.58. The van der Waals surface area contributed by atoms with E-state index in [0.29, 0.717) is 24.5 Å². The molecule has 1 aliphatic carbocycles. The van der Waals surface area contributed by atoms with Crippen LogP contribution in [0.5, 0.6) is 5.75 Å². The summed E-state index contributed by atoms with van der Waals surface area (Å²) in [5.41, 5.74) is 2.50. The van der Waals surface area contributed by atoms with Crippen LogP contribution >= 0.6 is 0 Å². The van der Waals surface area contributed by atoms with Crippen LogP contribution in [0.1, 0.15) is 53.0 Å². The van der Waals surface area contributed by atoms with Gasteiger partial charge in [0.2, 0.25) is 0 Å². The summed E-state index contributed by atoms with van der Waals surface area (Å²) >= 11 is 0. The number of hydrogen-bond acceptors (Lipinski definition) is 4. The fourth-order valence-corrected chi connectivity index (χ4v) is 4.36. The number of fused-ring (bicyclic) bond motifs is 1. The van der Waals surface area contributed by atoms with Gasteiger partial charge in [0.05, 0.1) is 13.2 Å². The molecular weight excluding hydrogens is 358 g/mol. The van der Waals surface area contributed by atoms with Crippen molar-refractivity contribution in [2.24, 2.45) is 0 Å². The van der Waals surface area contributed by atoms with Crippen LogP contribution in [0.25, 0.3) is 0 Å². The Morgan fingerprint density at radius 2 is 1.93 bits per heavy atom. The van der Waals surface area contributed by atoms with Crippen LogP contribution in [-0.2, 0) is 11.2 Å². The number of phenols is 1. The highest BCUT2D eigenvalue weighted by atomic mass is 16.5. The first-order valence-electron chi connectivity index (χ1n) is 9.70. The Kier molecular flexibility index (Phi) is 4.98. The van der Waals surface area contributed by atoms with Crippen molar-refractivity contribution in [3.05, 3.63) is 53.3 Å². The lowest BCUT2D eigenvalue weighted by atomic mass is 10.0. The first-order chi connectivity index (χ1) is 13.6. The molecule has 1 unspecified atom stereocenters. The van der Waals surface area contributed by atoms with E-state index in [4.69, 9.17) is 4.74 Å². The Balaban J connectivity index is 1.36. The lowest BCUT2D eigenvalue weighted by molar-refractivity contribution is 0.0582. The number of rotatable bonds is 3. The molecule has 0 saturated carbocycles. The van der Waals surface area contributed by atoms with E-state index in [1.165, 1.54) is 7.11 Å². The summed E-state index contributed by atoms with van der Waals surface area (Å²) in [6, 6.07) is 9.15. The molecule has 1 fully saturated rings. The Bertz CT molecular complexity index is 884. The maximum Gasteiger partial charge on any atom is 0.354 e. The third kappa shape index (κ3) is 3.32. The van der Waals surface area contributed by atoms with Crippen molar-refractivity contribution in [1.29, 1.82) is 0 Å². The summed E-state index contributed by atoms with van der Waals surface area (Å²) in [6.07, 6.45) is 5.05. The molecule has 7 heteroatoms. The van der Waals surface area contributed by atoms with E-state index in [-0.39, 0.29) is 24.1 Å². The molecule has 1 aromatic heterocycles. The molecule has 0 bridgehead atoms. The number of benzene rings is 1. The minimum absolute atomic E-state index is 0.0531. The summed E-state index contributed by atoms with van der Waals surface area (Å²) in [5.74, 6) is -0.0310. The van der Waals surface area contributed by atoms with Crippen LogP contribution in [0.3, 0.4) is 0 Å². The Labute approximate surface area is 163 Å². The van der Waals surface area contributed by atoms with Gasteiger partial charge in [0.15, 0.2) is 0 Å². The first-order valence-corrected chi connectivity index (χ1v) is 9.70. The topological polar surface area (TPSA) is 83.8 Å². The molecule has 2 aromatic rings. The largest absolute Gasteiger partial charge is 0.508 e. The number of carbonyl (C=O) groups excluding carboxylic acids is 2. The third-order valence-corrected chi connectivity index (χ3v) is 5.86. The summed E-state index contributed by atoms with van der Waals surface area (Å²) in [7, 11) is 1.38. The van der Waals surface area contributed by atoms with Crippen molar-refractivity contribution in [2.45, 2.75) is 37.8 Å². The number of ether oxygens (including phenoxy) is 1. The molecule has 28 heavy (non-hydrogen) atoms. The SMILES string of the molecule is COC(=O)c1cccn1C1CCN(C(=O)NC2CCc3c(O)cccc32)CC1. The predicted octanol–water partition coefficient (Wildman–Crippen LogP) is 3.01. The summed E-state index contributed by atoms with van der Waals surface area (Å²) < 4.78 is 6.80. The molecule has 7 nitrogen and oxygen atoms in total. The zero-order valence-electron chi connectivity index (χ0n) is 15.9. The van der Waals surface area contributed by atoms with Crippen molar-refractivity contribution in [1.82, 2.24) is 14.8 Å². The van der Waals surface area contributed by atoms with Crippen LogP contribution in [0.15, 0.2) is 36.5 Å². The number of nitrogens with zero attached hydrogens (tertiary/aromatic N) is 2.